The van der Waals surface area contributed by atoms with E-state index >= 15 is 0 Å². The van der Waals surface area contributed by atoms with Crippen molar-refractivity contribution in [3.05, 3.63) is 79.6 Å². The molecule has 1 amide bonds. The van der Waals surface area contributed by atoms with E-state index in [1.165, 1.54) is 6.07 Å². The summed E-state index contributed by atoms with van der Waals surface area (Å²) in [7, 11) is 0. The van der Waals surface area contributed by atoms with Gasteiger partial charge in [0.15, 0.2) is 0 Å². The first-order valence-corrected chi connectivity index (χ1v) is 11.9. The molecule has 6 nitrogen and oxygen atoms in total. The molecule has 9 heteroatoms. The number of aryl methyl sites for hydroxylation is 1. The van der Waals surface area contributed by atoms with Crippen LogP contribution in [0.15, 0.2) is 51.7 Å². The second-order valence-electron chi connectivity index (χ2n) is 7.08. The highest BCUT2D eigenvalue weighted by Crippen LogP contribution is 2.25. The summed E-state index contributed by atoms with van der Waals surface area (Å²) in [5, 5.41) is 4.07. The summed E-state index contributed by atoms with van der Waals surface area (Å²) in [4.78, 5) is 37.4. The van der Waals surface area contributed by atoms with Crippen LogP contribution in [0.2, 0.25) is 10.0 Å². The molecule has 1 aromatic heterocycles. The van der Waals surface area contributed by atoms with Crippen molar-refractivity contribution in [2.75, 3.05) is 12.0 Å². The average molecular weight is 494 g/mol. The van der Waals surface area contributed by atoms with Gasteiger partial charge in [0.1, 0.15) is 18.2 Å². The minimum atomic E-state index is -0.872. The lowest BCUT2D eigenvalue weighted by molar-refractivity contribution is -0.147. The molecule has 0 saturated carbocycles. The van der Waals surface area contributed by atoms with Gasteiger partial charge >= 0.3 is 11.6 Å². The molecule has 0 aliphatic heterocycles. The molecule has 0 radical (unpaired) electrons. The largest absolute Gasteiger partial charge is 0.459 e. The van der Waals surface area contributed by atoms with Gasteiger partial charge in [-0.25, -0.2) is 9.59 Å². The quantitative estimate of drug-likeness (QED) is 0.350. The van der Waals surface area contributed by atoms with Crippen LogP contribution in [-0.2, 0) is 16.1 Å². The zero-order chi connectivity index (χ0) is 23.3. The SMILES string of the molecule is CSCCC(NC(=O)c1ccccc1Cl)C(=O)OCc1cc(=O)oc2cc(C)c(Cl)cc12. The van der Waals surface area contributed by atoms with Gasteiger partial charge in [-0.2, -0.15) is 11.8 Å². The first-order chi connectivity index (χ1) is 15.3. The predicted octanol–water partition coefficient (Wildman–Crippen LogP) is 5.00. The van der Waals surface area contributed by atoms with E-state index in [1.807, 2.05) is 6.26 Å². The van der Waals surface area contributed by atoms with Crippen molar-refractivity contribution in [1.29, 1.82) is 0 Å². The number of ether oxygens (including phenoxy) is 1. The van der Waals surface area contributed by atoms with E-state index in [2.05, 4.69) is 5.32 Å². The third-order valence-corrected chi connectivity index (χ3v) is 6.18. The van der Waals surface area contributed by atoms with Crippen LogP contribution >= 0.6 is 35.0 Å². The third-order valence-electron chi connectivity index (χ3n) is 4.80. The topological polar surface area (TPSA) is 85.6 Å². The second kappa shape index (κ2) is 10.9. The number of esters is 1. The Morgan fingerprint density at radius 1 is 1.16 bits per heavy atom. The minimum Gasteiger partial charge on any atom is -0.459 e. The first kappa shape index (κ1) is 24.2. The number of fused-ring (bicyclic) bond motifs is 1. The molecule has 1 atom stereocenters. The van der Waals surface area contributed by atoms with E-state index < -0.39 is 23.5 Å². The lowest BCUT2D eigenvalue weighted by Crippen LogP contribution is -2.42. The lowest BCUT2D eigenvalue weighted by atomic mass is 10.1. The van der Waals surface area contributed by atoms with E-state index in [1.54, 1.807) is 55.1 Å². The Hall–Kier alpha value is -2.48. The first-order valence-electron chi connectivity index (χ1n) is 9.74. The fourth-order valence-corrected chi connectivity index (χ4v) is 3.94. The number of carbonyl (C=O) groups is 2. The molecule has 3 aromatic rings. The summed E-state index contributed by atoms with van der Waals surface area (Å²) in [5.74, 6) is -0.444. The number of nitrogens with one attached hydrogen (secondary N) is 1. The molecule has 32 heavy (non-hydrogen) atoms. The van der Waals surface area contributed by atoms with E-state index in [4.69, 9.17) is 32.4 Å². The molecular formula is C23H21Cl2NO5S. The number of thioether (sulfide) groups is 1. The van der Waals surface area contributed by atoms with Crippen molar-refractivity contribution in [1.82, 2.24) is 5.32 Å². The molecule has 3 rings (SSSR count). The summed E-state index contributed by atoms with van der Waals surface area (Å²) < 4.78 is 10.7. The van der Waals surface area contributed by atoms with Crippen LogP contribution in [-0.4, -0.2) is 29.9 Å². The summed E-state index contributed by atoms with van der Waals surface area (Å²) in [6.45, 7) is 1.63. The Morgan fingerprint density at radius 2 is 1.91 bits per heavy atom. The molecule has 0 aliphatic rings. The van der Waals surface area contributed by atoms with Crippen LogP contribution in [0, 0.1) is 6.92 Å². The summed E-state index contributed by atoms with van der Waals surface area (Å²) in [5.41, 5.74) is 1.30. The molecular weight excluding hydrogens is 473 g/mol. The van der Waals surface area contributed by atoms with Crippen LogP contribution in [0.4, 0.5) is 0 Å². The lowest BCUT2D eigenvalue weighted by Gasteiger charge is -2.18. The van der Waals surface area contributed by atoms with Crippen molar-refractivity contribution < 1.29 is 18.7 Å². The molecule has 0 spiro atoms. The predicted molar refractivity (Wildman–Crippen MR) is 128 cm³/mol. The van der Waals surface area contributed by atoms with Crippen LogP contribution in [0.1, 0.15) is 27.9 Å². The smallest absolute Gasteiger partial charge is 0.336 e. The number of amides is 1. The Morgan fingerprint density at radius 3 is 2.62 bits per heavy atom. The number of rotatable bonds is 8. The zero-order valence-electron chi connectivity index (χ0n) is 17.4. The van der Waals surface area contributed by atoms with Crippen molar-refractivity contribution in [3.8, 4) is 0 Å². The Bertz CT molecular complexity index is 1210. The van der Waals surface area contributed by atoms with E-state index in [0.717, 1.165) is 5.56 Å². The van der Waals surface area contributed by atoms with Gasteiger partial charge in [-0.1, -0.05) is 35.3 Å². The van der Waals surface area contributed by atoms with Gasteiger partial charge in [0.05, 0.1) is 10.6 Å². The van der Waals surface area contributed by atoms with Crippen LogP contribution < -0.4 is 10.9 Å². The molecule has 1 unspecified atom stereocenters. The molecule has 1 N–H and O–H groups in total. The number of hydrogen-bond acceptors (Lipinski definition) is 6. The average Bonchev–Trinajstić information content (AvgIpc) is 2.76. The minimum absolute atomic E-state index is 0.169. The van der Waals surface area contributed by atoms with Crippen LogP contribution in [0.5, 0.6) is 0 Å². The van der Waals surface area contributed by atoms with Gasteiger partial charge in [-0.05, 0) is 55.2 Å². The van der Waals surface area contributed by atoms with E-state index in [-0.39, 0.29) is 17.2 Å². The monoisotopic (exact) mass is 493 g/mol. The fourth-order valence-electron chi connectivity index (χ4n) is 3.08. The highest BCUT2D eigenvalue weighted by Gasteiger charge is 2.24. The highest BCUT2D eigenvalue weighted by molar-refractivity contribution is 7.98. The molecule has 0 saturated heterocycles. The van der Waals surface area contributed by atoms with E-state index in [0.29, 0.717) is 33.7 Å². The summed E-state index contributed by atoms with van der Waals surface area (Å²) >= 11 is 13.8. The Balaban J connectivity index is 1.78. The summed E-state index contributed by atoms with van der Waals surface area (Å²) in [6.07, 6.45) is 2.28. The van der Waals surface area contributed by atoms with Crippen LogP contribution in [0.25, 0.3) is 11.0 Å². The maximum atomic E-state index is 12.8. The maximum absolute atomic E-state index is 12.8. The van der Waals surface area contributed by atoms with Gasteiger partial charge in [-0.15, -0.1) is 0 Å². The highest BCUT2D eigenvalue weighted by atomic mass is 35.5. The molecule has 2 aromatic carbocycles. The molecule has 0 aliphatic carbocycles. The van der Waals surface area contributed by atoms with Gasteiger partial charge in [-0.3, -0.25) is 4.79 Å². The van der Waals surface area contributed by atoms with Crippen molar-refractivity contribution in [2.45, 2.75) is 26.0 Å². The van der Waals surface area contributed by atoms with Crippen LogP contribution in [0.3, 0.4) is 0 Å². The van der Waals surface area contributed by atoms with Gasteiger partial charge < -0.3 is 14.5 Å². The molecule has 168 valence electrons. The van der Waals surface area contributed by atoms with E-state index in [9.17, 15) is 14.4 Å². The standard InChI is InChI=1S/C23H21Cl2NO5S/c1-13-9-20-16(11-18(13)25)14(10-21(27)31-20)12-30-23(29)19(7-8-32-2)26-22(28)15-5-3-4-6-17(15)24/h3-6,9-11,19H,7-8,12H2,1-2H3,(H,26,28). The molecule has 0 bridgehead atoms. The van der Waals surface area contributed by atoms with Gasteiger partial charge in [0.25, 0.3) is 5.91 Å². The third kappa shape index (κ3) is 5.85. The Labute approximate surface area is 199 Å². The Kier molecular flexibility index (Phi) is 8.23. The summed E-state index contributed by atoms with van der Waals surface area (Å²) in [6, 6.07) is 10.3. The van der Waals surface area contributed by atoms with Crippen molar-refractivity contribution in [2.24, 2.45) is 0 Å². The maximum Gasteiger partial charge on any atom is 0.336 e. The fraction of sp³-hybridized carbons (Fsp3) is 0.261. The number of halogens is 2. The van der Waals surface area contributed by atoms with Gasteiger partial charge in [0.2, 0.25) is 0 Å². The van der Waals surface area contributed by atoms with Gasteiger partial charge in [0, 0.05) is 22.0 Å². The van der Waals surface area contributed by atoms with Crippen molar-refractivity contribution in [3.63, 3.8) is 0 Å². The molecule has 1 heterocycles. The molecule has 0 fully saturated rings. The number of hydrogen-bond donors (Lipinski definition) is 1. The number of benzene rings is 2. The normalized spacial score (nSPS) is 11.9. The number of carbonyl (C=O) groups excluding carboxylic acids is 2. The zero-order valence-corrected chi connectivity index (χ0v) is 19.8. The second-order valence-corrected chi connectivity index (χ2v) is 8.88. The van der Waals surface area contributed by atoms with Crippen molar-refractivity contribution >= 4 is 57.8 Å².